The molecule has 0 saturated heterocycles. The van der Waals surface area contributed by atoms with Crippen LogP contribution in [0.25, 0.3) is 0 Å². The fraction of sp³-hybridized carbons (Fsp3) is 0.333. The van der Waals surface area contributed by atoms with Gasteiger partial charge in [0, 0.05) is 11.1 Å². The Morgan fingerprint density at radius 3 is 1.89 bits per heavy atom. The molecule has 2 N–H and O–H groups in total. The van der Waals surface area contributed by atoms with Crippen LogP contribution < -0.4 is 0 Å². The summed E-state index contributed by atoms with van der Waals surface area (Å²) >= 11 is 0. The van der Waals surface area contributed by atoms with Crippen molar-refractivity contribution in [1.29, 1.82) is 0 Å². The molecule has 0 spiro atoms. The largest absolute Gasteiger partial charge is 0.418 e. The Hall–Kier alpha value is -1.92. The van der Waals surface area contributed by atoms with Gasteiger partial charge in [-0.05, 0) is 26.8 Å². The molecule has 0 aliphatic carbocycles. The van der Waals surface area contributed by atoms with Crippen molar-refractivity contribution >= 4 is 11.9 Å². The van der Waals surface area contributed by atoms with Crippen molar-refractivity contribution in [2.24, 2.45) is 0 Å². The van der Waals surface area contributed by atoms with E-state index in [2.05, 4.69) is 22.6 Å². The van der Waals surface area contributed by atoms with Gasteiger partial charge in [-0.3, -0.25) is 0 Å². The number of rotatable bonds is 5. The van der Waals surface area contributed by atoms with Gasteiger partial charge in [-0.15, -0.1) is 0 Å². The van der Waals surface area contributed by atoms with Gasteiger partial charge in [0.2, 0.25) is 5.76 Å². The Morgan fingerprint density at radius 1 is 1.11 bits per heavy atom. The summed E-state index contributed by atoms with van der Waals surface area (Å²) in [6, 6.07) is 0. The summed E-state index contributed by atoms with van der Waals surface area (Å²) in [5.74, 6) is -5.59. The van der Waals surface area contributed by atoms with E-state index in [1.165, 1.54) is 20.8 Å². The molecule has 0 unspecified atom stereocenters. The third-order valence-corrected chi connectivity index (χ3v) is 1.72. The van der Waals surface area contributed by atoms with E-state index in [1.807, 2.05) is 0 Å². The maximum atomic E-state index is 11.2. The van der Waals surface area contributed by atoms with Gasteiger partial charge < -0.3 is 19.7 Å². The van der Waals surface area contributed by atoms with Gasteiger partial charge in [0.05, 0.1) is 0 Å². The number of aliphatic hydroxyl groups is 2. The number of hydrogen-bond acceptors (Lipinski definition) is 6. The highest BCUT2D eigenvalue weighted by Crippen LogP contribution is 2.19. The molecule has 0 saturated carbocycles. The average molecular weight is 256 g/mol. The summed E-state index contributed by atoms with van der Waals surface area (Å²) in [6.07, 6.45) is 1.08. The Bertz CT molecular complexity index is 416. The van der Waals surface area contributed by atoms with Gasteiger partial charge in [0.25, 0.3) is 0 Å². The molecule has 0 rings (SSSR count). The minimum absolute atomic E-state index is 0.0378. The fourth-order valence-electron chi connectivity index (χ4n) is 0.767. The standard InChI is InChI=1S/C12H16O6/c1-6-9(17-10(13)7(2)3)12(15,16)18-11(14)8(4)5/h6,15-16H,2,4H2,1,3,5H3/b9-6+. The number of ether oxygens (including phenoxy) is 2. The molecule has 18 heavy (non-hydrogen) atoms. The summed E-state index contributed by atoms with van der Waals surface area (Å²) in [7, 11) is 0. The zero-order valence-corrected chi connectivity index (χ0v) is 10.5. The molecule has 0 aromatic carbocycles. The minimum atomic E-state index is -3.05. The first-order valence-electron chi connectivity index (χ1n) is 5.00. The van der Waals surface area contributed by atoms with E-state index in [0.29, 0.717) is 0 Å². The second kappa shape index (κ2) is 6.13. The van der Waals surface area contributed by atoms with Crippen LogP contribution >= 0.6 is 0 Å². The Morgan fingerprint density at radius 2 is 1.56 bits per heavy atom. The molecule has 0 aromatic heterocycles. The van der Waals surface area contributed by atoms with E-state index in [9.17, 15) is 19.8 Å². The fourth-order valence-corrected chi connectivity index (χ4v) is 0.767. The molecular weight excluding hydrogens is 240 g/mol. The first-order valence-corrected chi connectivity index (χ1v) is 5.00. The molecule has 0 bridgehead atoms. The van der Waals surface area contributed by atoms with Crippen LogP contribution in [0.1, 0.15) is 20.8 Å². The van der Waals surface area contributed by atoms with Crippen LogP contribution in [0.5, 0.6) is 0 Å². The van der Waals surface area contributed by atoms with Crippen LogP contribution in [-0.2, 0) is 19.1 Å². The molecule has 0 amide bonds. The van der Waals surface area contributed by atoms with Gasteiger partial charge in [-0.1, -0.05) is 13.2 Å². The van der Waals surface area contributed by atoms with Gasteiger partial charge >= 0.3 is 17.9 Å². The lowest BCUT2D eigenvalue weighted by Gasteiger charge is -2.23. The molecule has 0 heterocycles. The topological polar surface area (TPSA) is 93.1 Å². The first-order chi connectivity index (χ1) is 8.11. The van der Waals surface area contributed by atoms with Gasteiger partial charge in [0.1, 0.15) is 0 Å². The highest BCUT2D eigenvalue weighted by molar-refractivity contribution is 5.88. The molecule has 0 atom stereocenters. The molecule has 100 valence electrons. The van der Waals surface area contributed by atoms with Gasteiger partial charge in [-0.25, -0.2) is 9.59 Å². The second-order valence-electron chi connectivity index (χ2n) is 3.60. The molecule has 0 fully saturated rings. The number of carbonyl (C=O) groups excluding carboxylic acids is 2. The van der Waals surface area contributed by atoms with Crippen LogP contribution in [0.4, 0.5) is 0 Å². The molecule has 6 nitrogen and oxygen atoms in total. The molecule has 6 heteroatoms. The predicted molar refractivity (Wildman–Crippen MR) is 62.7 cm³/mol. The average Bonchev–Trinajstić information content (AvgIpc) is 2.23. The Kier molecular flexibility index (Phi) is 5.48. The van der Waals surface area contributed by atoms with Crippen molar-refractivity contribution < 1.29 is 29.3 Å². The Balaban J connectivity index is 4.95. The van der Waals surface area contributed by atoms with E-state index in [-0.39, 0.29) is 11.1 Å². The minimum Gasteiger partial charge on any atom is -0.418 e. The third-order valence-electron chi connectivity index (χ3n) is 1.72. The Labute approximate surface area is 105 Å². The SMILES string of the molecule is C=C(C)C(=O)O/C(=C/C)C(O)(O)OC(=O)C(=C)C. The van der Waals surface area contributed by atoms with Crippen LogP contribution in [0.15, 0.2) is 36.1 Å². The van der Waals surface area contributed by atoms with E-state index < -0.39 is 23.7 Å². The van der Waals surface area contributed by atoms with Gasteiger partial charge in [-0.2, -0.15) is 0 Å². The lowest BCUT2D eigenvalue weighted by molar-refractivity contribution is -0.306. The predicted octanol–water partition coefficient (Wildman–Crippen LogP) is 0.767. The highest BCUT2D eigenvalue weighted by Gasteiger charge is 2.37. The third kappa shape index (κ3) is 4.52. The normalized spacial score (nSPS) is 11.7. The summed E-state index contributed by atoms with van der Waals surface area (Å²) < 4.78 is 8.95. The summed E-state index contributed by atoms with van der Waals surface area (Å²) in [6.45, 7) is 10.7. The van der Waals surface area contributed by atoms with Crippen molar-refractivity contribution in [3.63, 3.8) is 0 Å². The summed E-state index contributed by atoms with van der Waals surface area (Å²) in [4.78, 5) is 22.4. The van der Waals surface area contributed by atoms with E-state index in [1.54, 1.807) is 0 Å². The molecule has 0 aliphatic rings. The molecular formula is C12H16O6. The zero-order valence-electron chi connectivity index (χ0n) is 10.5. The number of hydrogen-bond donors (Lipinski definition) is 2. The number of carbonyl (C=O) groups is 2. The van der Waals surface area contributed by atoms with Crippen LogP contribution in [0.3, 0.4) is 0 Å². The van der Waals surface area contributed by atoms with Crippen molar-refractivity contribution in [3.05, 3.63) is 36.1 Å². The molecule has 0 radical (unpaired) electrons. The van der Waals surface area contributed by atoms with Crippen molar-refractivity contribution in [2.75, 3.05) is 0 Å². The number of esters is 2. The monoisotopic (exact) mass is 256 g/mol. The van der Waals surface area contributed by atoms with E-state index >= 15 is 0 Å². The maximum absolute atomic E-state index is 11.2. The smallest absolute Gasteiger partial charge is 0.387 e. The van der Waals surface area contributed by atoms with Crippen LogP contribution in [0, 0.1) is 0 Å². The van der Waals surface area contributed by atoms with E-state index in [0.717, 1.165) is 6.08 Å². The zero-order chi connectivity index (χ0) is 14.5. The second-order valence-corrected chi connectivity index (χ2v) is 3.60. The van der Waals surface area contributed by atoms with Crippen molar-refractivity contribution in [2.45, 2.75) is 26.7 Å². The lowest BCUT2D eigenvalue weighted by Crippen LogP contribution is -2.38. The summed E-state index contributed by atoms with van der Waals surface area (Å²) in [5.41, 5.74) is 0.0144. The van der Waals surface area contributed by atoms with Crippen molar-refractivity contribution in [3.8, 4) is 0 Å². The van der Waals surface area contributed by atoms with Crippen LogP contribution in [0.2, 0.25) is 0 Å². The highest BCUT2D eigenvalue weighted by atomic mass is 16.8. The van der Waals surface area contributed by atoms with E-state index in [4.69, 9.17) is 0 Å². The molecule has 0 aromatic rings. The maximum Gasteiger partial charge on any atom is 0.387 e. The number of allylic oxidation sites excluding steroid dienone is 1. The van der Waals surface area contributed by atoms with Gasteiger partial charge in [0.15, 0.2) is 0 Å². The van der Waals surface area contributed by atoms with Crippen molar-refractivity contribution in [1.82, 2.24) is 0 Å². The lowest BCUT2D eigenvalue weighted by atomic mass is 10.3. The first kappa shape index (κ1) is 16.1. The molecule has 0 aliphatic heterocycles. The quantitative estimate of drug-likeness (QED) is 0.326. The summed E-state index contributed by atoms with van der Waals surface area (Å²) in [5, 5.41) is 19.0. The van der Waals surface area contributed by atoms with Crippen LogP contribution in [-0.4, -0.2) is 28.1 Å².